The molecule has 2 aromatic rings. The first-order valence-corrected chi connectivity index (χ1v) is 8.06. The van der Waals surface area contributed by atoms with E-state index < -0.39 is 0 Å². The normalized spacial score (nSPS) is 16.4. The van der Waals surface area contributed by atoms with E-state index in [1.165, 1.54) is 0 Å². The summed E-state index contributed by atoms with van der Waals surface area (Å²) in [7, 11) is 0. The minimum absolute atomic E-state index is 0. The third kappa shape index (κ3) is 4.81. The molecule has 0 bridgehead atoms. The zero-order valence-electron chi connectivity index (χ0n) is 14.7. The SMILES string of the molecule is Cc1nc(-c2cccnc2)[nH]c(=O)c1CC(=O)N1CCNC[C@@H]1C.Cl.Cl. The number of aryl methyl sites for hydroxylation is 1. The Hall–Kier alpha value is -1.96. The van der Waals surface area contributed by atoms with E-state index in [9.17, 15) is 9.59 Å². The summed E-state index contributed by atoms with van der Waals surface area (Å²) in [5.74, 6) is 0.436. The van der Waals surface area contributed by atoms with Crippen molar-refractivity contribution in [3.8, 4) is 11.4 Å². The summed E-state index contributed by atoms with van der Waals surface area (Å²) in [6.07, 6.45) is 3.38. The second-order valence-corrected chi connectivity index (χ2v) is 6.04. The molecule has 3 rings (SSSR count). The second kappa shape index (κ2) is 9.66. The number of nitrogens with one attached hydrogen (secondary N) is 2. The van der Waals surface area contributed by atoms with Crippen LogP contribution in [0.1, 0.15) is 18.2 Å². The first-order chi connectivity index (χ1) is 11.6. The van der Waals surface area contributed by atoms with Crippen molar-refractivity contribution < 1.29 is 4.79 Å². The molecule has 26 heavy (non-hydrogen) atoms. The molecule has 0 radical (unpaired) electrons. The van der Waals surface area contributed by atoms with Gasteiger partial charge < -0.3 is 15.2 Å². The molecule has 1 amide bonds. The van der Waals surface area contributed by atoms with Crippen LogP contribution in [0.25, 0.3) is 11.4 Å². The summed E-state index contributed by atoms with van der Waals surface area (Å²) in [5.41, 5.74) is 1.48. The lowest BCUT2D eigenvalue weighted by Gasteiger charge is -2.34. The van der Waals surface area contributed by atoms with Crippen molar-refractivity contribution in [2.45, 2.75) is 26.3 Å². The first-order valence-electron chi connectivity index (χ1n) is 8.06. The number of rotatable bonds is 3. The lowest BCUT2D eigenvalue weighted by molar-refractivity contribution is -0.133. The van der Waals surface area contributed by atoms with Gasteiger partial charge in [-0.1, -0.05) is 0 Å². The summed E-state index contributed by atoms with van der Waals surface area (Å²) in [6, 6.07) is 3.75. The number of carbonyl (C=O) groups excluding carboxylic acids is 1. The van der Waals surface area contributed by atoms with Crippen LogP contribution in [0, 0.1) is 6.92 Å². The van der Waals surface area contributed by atoms with Crippen molar-refractivity contribution in [3.63, 3.8) is 0 Å². The zero-order valence-corrected chi connectivity index (χ0v) is 16.3. The van der Waals surface area contributed by atoms with Crippen LogP contribution in [-0.2, 0) is 11.2 Å². The van der Waals surface area contributed by atoms with E-state index in [0.717, 1.165) is 18.7 Å². The van der Waals surface area contributed by atoms with Crippen LogP contribution in [0.5, 0.6) is 0 Å². The lowest BCUT2D eigenvalue weighted by Crippen LogP contribution is -2.52. The van der Waals surface area contributed by atoms with E-state index in [-0.39, 0.29) is 48.7 Å². The fourth-order valence-electron chi connectivity index (χ4n) is 2.92. The third-order valence-corrected chi connectivity index (χ3v) is 4.31. The number of hydrogen-bond acceptors (Lipinski definition) is 5. The van der Waals surface area contributed by atoms with E-state index in [0.29, 0.717) is 23.6 Å². The number of amides is 1. The fourth-order valence-corrected chi connectivity index (χ4v) is 2.92. The van der Waals surface area contributed by atoms with Crippen LogP contribution in [0.2, 0.25) is 0 Å². The molecule has 0 aliphatic carbocycles. The monoisotopic (exact) mass is 399 g/mol. The number of aromatic amines is 1. The number of pyridine rings is 1. The second-order valence-electron chi connectivity index (χ2n) is 6.04. The maximum absolute atomic E-state index is 12.5. The highest BCUT2D eigenvalue weighted by molar-refractivity contribution is 5.85. The first kappa shape index (κ1) is 22.1. The van der Waals surface area contributed by atoms with Crippen molar-refractivity contribution in [2.75, 3.05) is 19.6 Å². The molecule has 0 aromatic carbocycles. The molecule has 0 saturated carbocycles. The van der Waals surface area contributed by atoms with Crippen LogP contribution in [0.15, 0.2) is 29.3 Å². The van der Waals surface area contributed by atoms with Crippen molar-refractivity contribution in [1.29, 1.82) is 0 Å². The molecule has 3 heterocycles. The molecule has 7 nitrogen and oxygen atoms in total. The molecular formula is C17H23Cl2N5O2. The van der Waals surface area contributed by atoms with Gasteiger partial charge in [0.15, 0.2) is 0 Å². The number of piperazine rings is 1. The van der Waals surface area contributed by atoms with Gasteiger partial charge in [0.1, 0.15) is 5.82 Å². The topological polar surface area (TPSA) is 91.0 Å². The number of nitrogens with zero attached hydrogens (tertiary/aromatic N) is 3. The predicted molar refractivity (Wildman–Crippen MR) is 105 cm³/mol. The smallest absolute Gasteiger partial charge is 0.255 e. The van der Waals surface area contributed by atoms with E-state index in [1.54, 1.807) is 25.4 Å². The molecule has 1 aliphatic rings. The lowest BCUT2D eigenvalue weighted by atomic mass is 10.1. The Morgan fingerprint density at radius 2 is 2.15 bits per heavy atom. The van der Waals surface area contributed by atoms with Gasteiger partial charge in [-0.3, -0.25) is 14.6 Å². The third-order valence-electron chi connectivity index (χ3n) is 4.31. The Morgan fingerprint density at radius 1 is 1.38 bits per heavy atom. The van der Waals surface area contributed by atoms with E-state index in [4.69, 9.17) is 0 Å². The van der Waals surface area contributed by atoms with Gasteiger partial charge in [0.2, 0.25) is 5.91 Å². The van der Waals surface area contributed by atoms with Gasteiger partial charge in [-0.25, -0.2) is 4.98 Å². The van der Waals surface area contributed by atoms with Crippen molar-refractivity contribution >= 4 is 30.7 Å². The Bertz CT molecular complexity index is 797. The van der Waals surface area contributed by atoms with Crippen LogP contribution >= 0.6 is 24.8 Å². The van der Waals surface area contributed by atoms with E-state index >= 15 is 0 Å². The number of H-pyrrole nitrogens is 1. The van der Waals surface area contributed by atoms with Gasteiger partial charge in [-0.05, 0) is 26.0 Å². The molecule has 9 heteroatoms. The van der Waals surface area contributed by atoms with Crippen molar-refractivity contribution in [2.24, 2.45) is 0 Å². The summed E-state index contributed by atoms with van der Waals surface area (Å²) >= 11 is 0. The van der Waals surface area contributed by atoms with E-state index in [1.807, 2.05) is 17.9 Å². The van der Waals surface area contributed by atoms with Crippen LogP contribution in [-0.4, -0.2) is 51.4 Å². The molecule has 0 unspecified atom stereocenters. The molecule has 0 spiro atoms. The summed E-state index contributed by atoms with van der Waals surface area (Å²) in [4.78, 5) is 38.0. The van der Waals surface area contributed by atoms with Gasteiger partial charge in [0.25, 0.3) is 5.56 Å². The van der Waals surface area contributed by atoms with Crippen molar-refractivity contribution in [3.05, 3.63) is 46.1 Å². The van der Waals surface area contributed by atoms with Crippen LogP contribution in [0.4, 0.5) is 0 Å². The number of hydrogen-bond donors (Lipinski definition) is 2. The Morgan fingerprint density at radius 3 is 2.77 bits per heavy atom. The Balaban J connectivity index is 0.00000169. The maximum Gasteiger partial charge on any atom is 0.255 e. The quantitative estimate of drug-likeness (QED) is 0.812. The van der Waals surface area contributed by atoms with Gasteiger partial charge in [-0.15, -0.1) is 24.8 Å². The largest absolute Gasteiger partial charge is 0.337 e. The fraction of sp³-hybridized carbons (Fsp3) is 0.412. The molecule has 1 aliphatic heterocycles. The maximum atomic E-state index is 12.5. The standard InChI is InChI=1S/C17H21N5O2.2ClH/c1-11-9-19-6-7-22(11)15(23)8-14-12(2)20-16(21-17(14)24)13-4-3-5-18-10-13;;/h3-5,10-11,19H,6-9H2,1-2H3,(H,20,21,24);2*1H/t11-;;/m0../s1. The van der Waals surface area contributed by atoms with Crippen molar-refractivity contribution in [1.82, 2.24) is 25.2 Å². The average Bonchev–Trinajstić information content (AvgIpc) is 2.59. The Labute approximate surface area is 164 Å². The van der Waals surface area contributed by atoms with Crippen LogP contribution < -0.4 is 10.9 Å². The van der Waals surface area contributed by atoms with Crippen LogP contribution in [0.3, 0.4) is 0 Å². The molecule has 1 saturated heterocycles. The van der Waals surface area contributed by atoms with Gasteiger partial charge >= 0.3 is 0 Å². The molecule has 1 fully saturated rings. The predicted octanol–water partition coefficient (Wildman–Crippen LogP) is 1.35. The summed E-state index contributed by atoms with van der Waals surface area (Å²) in [5, 5.41) is 3.25. The highest BCUT2D eigenvalue weighted by Gasteiger charge is 2.24. The average molecular weight is 400 g/mol. The number of carbonyl (C=O) groups is 1. The highest BCUT2D eigenvalue weighted by atomic mass is 35.5. The minimum Gasteiger partial charge on any atom is -0.337 e. The Kier molecular flexibility index (Phi) is 8.20. The summed E-state index contributed by atoms with van der Waals surface area (Å²) < 4.78 is 0. The number of halogens is 2. The van der Waals surface area contributed by atoms with E-state index in [2.05, 4.69) is 20.3 Å². The zero-order chi connectivity index (χ0) is 17.1. The minimum atomic E-state index is -0.266. The molecule has 1 atom stereocenters. The summed E-state index contributed by atoms with van der Waals surface area (Å²) in [6.45, 7) is 5.99. The van der Waals surface area contributed by atoms with Gasteiger partial charge in [-0.2, -0.15) is 0 Å². The van der Waals surface area contributed by atoms with Gasteiger partial charge in [0, 0.05) is 54.9 Å². The molecule has 2 N–H and O–H groups in total. The highest BCUT2D eigenvalue weighted by Crippen LogP contribution is 2.14. The number of aromatic nitrogens is 3. The van der Waals surface area contributed by atoms with Gasteiger partial charge in [0.05, 0.1) is 6.42 Å². The molecular weight excluding hydrogens is 377 g/mol. The molecule has 142 valence electrons. The molecule has 2 aromatic heterocycles.